The Morgan fingerprint density at radius 3 is 3.00 bits per heavy atom. The fourth-order valence-electron chi connectivity index (χ4n) is 1.38. The Balaban J connectivity index is 2.44. The Kier molecular flexibility index (Phi) is 6.58. The molecule has 0 bridgehead atoms. The summed E-state index contributed by atoms with van der Waals surface area (Å²) in [5.74, 6) is 0.174. The second-order valence-corrected chi connectivity index (χ2v) is 5.00. The Labute approximate surface area is 116 Å². The Hall–Kier alpha value is -1.34. The molecule has 1 rings (SSSR count). The summed E-state index contributed by atoms with van der Waals surface area (Å²) in [6.45, 7) is 2.98. The molecule has 0 aliphatic carbocycles. The molecule has 6 nitrogen and oxygen atoms in total. The molecule has 0 fully saturated rings. The fourth-order valence-corrected chi connectivity index (χ4v) is 2.24. The SMILES string of the molecule is COCCCNC(=O)CSc1nc(C)cc(=O)n1C. The molecule has 1 heterocycles. The van der Waals surface area contributed by atoms with Crippen molar-refractivity contribution >= 4 is 17.7 Å². The van der Waals surface area contributed by atoms with Crippen molar-refractivity contribution < 1.29 is 9.53 Å². The topological polar surface area (TPSA) is 73.2 Å². The van der Waals surface area contributed by atoms with Crippen molar-refractivity contribution in [3.63, 3.8) is 0 Å². The maximum atomic E-state index is 11.6. The molecule has 0 saturated heterocycles. The number of aromatic nitrogens is 2. The van der Waals surface area contributed by atoms with Gasteiger partial charge in [-0.2, -0.15) is 0 Å². The lowest BCUT2D eigenvalue weighted by molar-refractivity contribution is -0.118. The smallest absolute Gasteiger partial charge is 0.254 e. The van der Waals surface area contributed by atoms with Crippen LogP contribution in [-0.4, -0.2) is 41.5 Å². The van der Waals surface area contributed by atoms with Crippen LogP contribution >= 0.6 is 11.8 Å². The molecule has 0 aliphatic rings. The normalized spacial score (nSPS) is 10.5. The summed E-state index contributed by atoms with van der Waals surface area (Å²) in [6.07, 6.45) is 0.786. The highest BCUT2D eigenvalue weighted by molar-refractivity contribution is 7.99. The van der Waals surface area contributed by atoms with Crippen molar-refractivity contribution in [3.05, 3.63) is 22.1 Å². The van der Waals surface area contributed by atoms with Crippen LogP contribution in [0.25, 0.3) is 0 Å². The van der Waals surface area contributed by atoms with Crippen LogP contribution in [0.1, 0.15) is 12.1 Å². The molecule has 0 saturated carbocycles. The molecule has 1 aromatic rings. The lowest BCUT2D eigenvalue weighted by Crippen LogP contribution is -2.27. The molecule has 0 atom stereocenters. The van der Waals surface area contributed by atoms with E-state index in [2.05, 4.69) is 10.3 Å². The molecular formula is C12H19N3O3S. The van der Waals surface area contributed by atoms with Crippen LogP contribution in [-0.2, 0) is 16.6 Å². The van der Waals surface area contributed by atoms with Gasteiger partial charge < -0.3 is 10.1 Å². The lowest BCUT2D eigenvalue weighted by atomic mass is 10.4. The largest absolute Gasteiger partial charge is 0.385 e. The maximum Gasteiger partial charge on any atom is 0.254 e. The summed E-state index contributed by atoms with van der Waals surface area (Å²) in [5.41, 5.74) is 0.543. The van der Waals surface area contributed by atoms with E-state index in [9.17, 15) is 9.59 Å². The first-order valence-electron chi connectivity index (χ1n) is 5.97. The first-order chi connectivity index (χ1) is 9.04. The number of nitrogens with one attached hydrogen (secondary N) is 1. The van der Waals surface area contributed by atoms with Crippen molar-refractivity contribution in [2.45, 2.75) is 18.5 Å². The van der Waals surface area contributed by atoms with E-state index in [1.54, 1.807) is 21.1 Å². The zero-order valence-corrected chi connectivity index (χ0v) is 12.2. The van der Waals surface area contributed by atoms with Gasteiger partial charge in [0.15, 0.2) is 5.16 Å². The number of carbonyl (C=O) groups is 1. The highest BCUT2D eigenvalue weighted by atomic mass is 32.2. The zero-order valence-electron chi connectivity index (χ0n) is 11.4. The Morgan fingerprint density at radius 1 is 1.58 bits per heavy atom. The van der Waals surface area contributed by atoms with Gasteiger partial charge >= 0.3 is 0 Å². The van der Waals surface area contributed by atoms with E-state index in [1.807, 2.05) is 0 Å². The molecule has 1 amide bonds. The first kappa shape index (κ1) is 15.7. The summed E-state index contributed by atoms with van der Waals surface area (Å²) in [5, 5.41) is 3.33. The molecule has 1 N–H and O–H groups in total. The number of hydrogen-bond acceptors (Lipinski definition) is 5. The van der Waals surface area contributed by atoms with Gasteiger partial charge in [-0.15, -0.1) is 0 Å². The molecule has 1 aromatic heterocycles. The van der Waals surface area contributed by atoms with Crippen LogP contribution in [0.5, 0.6) is 0 Å². The van der Waals surface area contributed by atoms with E-state index >= 15 is 0 Å². The Bertz CT molecular complexity index is 488. The summed E-state index contributed by atoms with van der Waals surface area (Å²) < 4.78 is 6.33. The highest BCUT2D eigenvalue weighted by Crippen LogP contribution is 2.12. The summed E-state index contributed by atoms with van der Waals surface area (Å²) in [7, 11) is 3.27. The molecule has 7 heteroatoms. The van der Waals surface area contributed by atoms with E-state index in [-0.39, 0.29) is 17.2 Å². The number of methoxy groups -OCH3 is 1. The quantitative estimate of drug-likeness (QED) is 0.444. The molecule has 0 aliphatic heterocycles. The number of amides is 1. The van der Waals surface area contributed by atoms with Crippen LogP contribution in [0, 0.1) is 6.92 Å². The number of hydrogen-bond donors (Lipinski definition) is 1. The number of carbonyl (C=O) groups excluding carboxylic acids is 1. The van der Waals surface area contributed by atoms with Gasteiger partial charge in [0.25, 0.3) is 5.56 Å². The Morgan fingerprint density at radius 2 is 2.32 bits per heavy atom. The second-order valence-electron chi connectivity index (χ2n) is 4.06. The maximum absolute atomic E-state index is 11.6. The monoisotopic (exact) mass is 285 g/mol. The van der Waals surface area contributed by atoms with Gasteiger partial charge in [-0.3, -0.25) is 14.2 Å². The van der Waals surface area contributed by atoms with Gasteiger partial charge in [0.1, 0.15) is 0 Å². The minimum Gasteiger partial charge on any atom is -0.385 e. The summed E-state index contributed by atoms with van der Waals surface area (Å²) >= 11 is 1.26. The van der Waals surface area contributed by atoms with E-state index < -0.39 is 0 Å². The third-order valence-electron chi connectivity index (χ3n) is 2.40. The minimum atomic E-state index is -0.115. The molecule has 0 aromatic carbocycles. The van der Waals surface area contributed by atoms with Crippen LogP contribution in [0.2, 0.25) is 0 Å². The third-order valence-corrected chi connectivity index (χ3v) is 3.43. The molecule has 0 spiro atoms. The lowest BCUT2D eigenvalue weighted by Gasteiger charge is -2.07. The van der Waals surface area contributed by atoms with E-state index in [0.717, 1.165) is 6.42 Å². The van der Waals surface area contributed by atoms with E-state index in [0.29, 0.717) is 24.0 Å². The number of ether oxygens (including phenoxy) is 1. The summed E-state index contributed by atoms with van der Waals surface area (Å²) in [6, 6.07) is 1.47. The molecule has 19 heavy (non-hydrogen) atoms. The number of nitrogens with zero attached hydrogens (tertiary/aromatic N) is 2. The van der Waals surface area contributed by atoms with Gasteiger partial charge in [0.2, 0.25) is 5.91 Å². The van der Waals surface area contributed by atoms with Gasteiger partial charge in [-0.1, -0.05) is 11.8 Å². The van der Waals surface area contributed by atoms with Crippen molar-refractivity contribution in [1.29, 1.82) is 0 Å². The average molecular weight is 285 g/mol. The number of rotatable bonds is 7. The van der Waals surface area contributed by atoms with Crippen LogP contribution in [0.3, 0.4) is 0 Å². The van der Waals surface area contributed by atoms with Crippen molar-refractivity contribution in [2.75, 3.05) is 26.0 Å². The fraction of sp³-hybridized carbons (Fsp3) is 0.583. The molecule has 106 valence electrons. The van der Waals surface area contributed by atoms with Crippen LogP contribution in [0.4, 0.5) is 0 Å². The molecule has 0 unspecified atom stereocenters. The van der Waals surface area contributed by atoms with Crippen LogP contribution in [0.15, 0.2) is 16.0 Å². The first-order valence-corrected chi connectivity index (χ1v) is 6.96. The second kappa shape index (κ2) is 7.96. The van der Waals surface area contributed by atoms with E-state index in [1.165, 1.54) is 22.4 Å². The number of aryl methyl sites for hydroxylation is 1. The number of thioether (sulfide) groups is 1. The predicted molar refractivity (Wildman–Crippen MR) is 74.4 cm³/mol. The van der Waals surface area contributed by atoms with Crippen molar-refractivity contribution in [2.24, 2.45) is 7.05 Å². The predicted octanol–water partition coefficient (Wildman–Crippen LogP) is 0.334. The van der Waals surface area contributed by atoms with E-state index in [4.69, 9.17) is 4.74 Å². The van der Waals surface area contributed by atoms with Gasteiger partial charge in [-0.25, -0.2) is 4.98 Å². The summed E-state index contributed by atoms with van der Waals surface area (Å²) in [4.78, 5) is 27.4. The standard InChI is InChI=1S/C12H19N3O3S/c1-9-7-11(17)15(2)12(14-9)19-8-10(16)13-5-4-6-18-3/h7H,4-6,8H2,1-3H3,(H,13,16). The van der Waals surface area contributed by atoms with Crippen LogP contribution < -0.4 is 10.9 Å². The average Bonchev–Trinajstić information content (AvgIpc) is 2.37. The highest BCUT2D eigenvalue weighted by Gasteiger charge is 2.07. The molecular weight excluding hydrogens is 266 g/mol. The van der Waals surface area contributed by atoms with Gasteiger partial charge in [-0.05, 0) is 13.3 Å². The third kappa shape index (κ3) is 5.44. The van der Waals surface area contributed by atoms with Crippen molar-refractivity contribution in [3.8, 4) is 0 Å². The molecule has 0 radical (unpaired) electrons. The van der Waals surface area contributed by atoms with Crippen molar-refractivity contribution in [1.82, 2.24) is 14.9 Å². The zero-order chi connectivity index (χ0) is 14.3. The van der Waals surface area contributed by atoms with Gasteiger partial charge in [0, 0.05) is 39.1 Å². The van der Waals surface area contributed by atoms with Gasteiger partial charge in [0.05, 0.1) is 5.75 Å². The minimum absolute atomic E-state index is 0.0724.